The lowest BCUT2D eigenvalue weighted by Gasteiger charge is -2.05. The first kappa shape index (κ1) is 18.0. The highest BCUT2D eigenvalue weighted by atomic mass is 31.2. The first-order valence-electron chi connectivity index (χ1n) is 7.36. The van der Waals surface area contributed by atoms with Crippen LogP contribution in [0.1, 0.15) is 5.56 Å². The normalized spacial score (nSPS) is 10.5. The maximum atomic E-state index is 10.4. The van der Waals surface area contributed by atoms with E-state index < -0.39 is 7.82 Å². The summed E-state index contributed by atoms with van der Waals surface area (Å²) in [4.78, 5) is 16.9. The van der Waals surface area contributed by atoms with Crippen LogP contribution in [0.4, 0.5) is 0 Å². The molecule has 0 saturated heterocycles. The third-order valence-electron chi connectivity index (χ3n) is 3.13. The smallest absolute Gasteiger partial charge is 0.404 e. The summed E-state index contributed by atoms with van der Waals surface area (Å²) in [6.45, 7) is 1.88. The van der Waals surface area contributed by atoms with Crippen LogP contribution in [-0.4, -0.2) is 9.79 Å². The highest BCUT2D eigenvalue weighted by Gasteiger charge is 2.14. The van der Waals surface area contributed by atoms with Gasteiger partial charge in [0, 0.05) is 0 Å². The molecule has 2 N–H and O–H groups in total. The monoisotopic (exact) mass is 342 g/mol. The molecule has 0 aliphatic carbocycles. The molecule has 0 bridgehead atoms. The second kappa shape index (κ2) is 8.46. The van der Waals surface area contributed by atoms with Gasteiger partial charge in [-0.1, -0.05) is 78.4 Å². The molecule has 5 heteroatoms. The molecule has 0 fully saturated rings. The van der Waals surface area contributed by atoms with Crippen LogP contribution < -0.4 is 4.52 Å². The molecule has 0 aliphatic heterocycles. The van der Waals surface area contributed by atoms with Crippen molar-refractivity contribution in [3.8, 4) is 16.9 Å². The Balaban J connectivity index is 0.000000174. The van der Waals surface area contributed by atoms with Crippen LogP contribution in [0.5, 0.6) is 5.75 Å². The molecule has 0 amide bonds. The van der Waals surface area contributed by atoms with E-state index in [1.165, 1.54) is 23.3 Å². The van der Waals surface area contributed by atoms with Gasteiger partial charge in [-0.25, -0.2) is 4.57 Å². The largest absolute Gasteiger partial charge is 0.524 e. The van der Waals surface area contributed by atoms with Crippen molar-refractivity contribution in [3.05, 3.63) is 90.5 Å². The first-order valence-corrected chi connectivity index (χ1v) is 8.89. The second-order valence-corrected chi connectivity index (χ2v) is 6.29. The van der Waals surface area contributed by atoms with Gasteiger partial charge in [0.25, 0.3) is 0 Å². The highest BCUT2D eigenvalue weighted by molar-refractivity contribution is 7.46. The standard InChI is InChI=1S/C12H10.C7H9O4P/c1-3-7-11(8-4-1)12-9-5-2-6-10-12;1-6-2-4-7(5-3-6)11-12(8,9)10/h1-10H;2-5H,1H3,(H2,8,9,10). The molecule has 0 unspecified atom stereocenters. The molecule has 4 nitrogen and oxygen atoms in total. The number of aryl methyl sites for hydroxylation is 1. The minimum Gasteiger partial charge on any atom is -0.404 e. The fourth-order valence-electron chi connectivity index (χ4n) is 2.00. The van der Waals surface area contributed by atoms with E-state index in [1.54, 1.807) is 12.1 Å². The van der Waals surface area contributed by atoms with Crippen LogP contribution in [0.3, 0.4) is 0 Å². The van der Waals surface area contributed by atoms with Gasteiger partial charge in [0.15, 0.2) is 0 Å². The predicted molar refractivity (Wildman–Crippen MR) is 95.7 cm³/mol. The second-order valence-electron chi connectivity index (χ2n) is 5.13. The van der Waals surface area contributed by atoms with E-state index >= 15 is 0 Å². The number of rotatable bonds is 3. The topological polar surface area (TPSA) is 66.8 Å². The summed E-state index contributed by atoms with van der Waals surface area (Å²) in [5.41, 5.74) is 3.56. The van der Waals surface area contributed by atoms with Gasteiger partial charge in [-0.2, -0.15) is 0 Å². The van der Waals surface area contributed by atoms with E-state index in [2.05, 4.69) is 53.1 Å². The lowest BCUT2D eigenvalue weighted by atomic mass is 10.1. The van der Waals surface area contributed by atoms with Crippen molar-refractivity contribution in [2.45, 2.75) is 6.92 Å². The van der Waals surface area contributed by atoms with E-state index in [-0.39, 0.29) is 5.75 Å². The molecule has 0 heterocycles. The van der Waals surface area contributed by atoms with Gasteiger partial charge < -0.3 is 4.52 Å². The fourth-order valence-corrected chi connectivity index (χ4v) is 2.39. The summed E-state index contributed by atoms with van der Waals surface area (Å²) in [5.74, 6) is 0.175. The Morgan fingerprint density at radius 2 is 1.12 bits per heavy atom. The number of phosphoric acid groups is 1. The Morgan fingerprint density at radius 1 is 0.708 bits per heavy atom. The van der Waals surface area contributed by atoms with Crippen LogP contribution in [0.15, 0.2) is 84.9 Å². The summed E-state index contributed by atoms with van der Waals surface area (Å²) in [5, 5.41) is 0. The molecule has 24 heavy (non-hydrogen) atoms. The summed E-state index contributed by atoms with van der Waals surface area (Å²) >= 11 is 0. The molecular formula is C19H19O4P. The Labute approximate surface area is 141 Å². The number of hydrogen-bond acceptors (Lipinski definition) is 2. The summed E-state index contributed by atoms with van der Waals surface area (Å²) in [6.07, 6.45) is 0. The van der Waals surface area contributed by atoms with Crippen LogP contribution in [0, 0.1) is 6.92 Å². The van der Waals surface area contributed by atoms with Crippen molar-refractivity contribution in [2.75, 3.05) is 0 Å². The van der Waals surface area contributed by atoms with Crippen molar-refractivity contribution in [1.82, 2.24) is 0 Å². The van der Waals surface area contributed by atoms with E-state index in [1.807, 2.05) is 19.1 Å². The predicted octanol–water partition coefficient (Wildman–Crippen LogP) is 4.82. The molecule has 0 aliphatic rings. The Morgan fingerprint density at radius 3 is 1.50 bits per heavy atom. The van der Waals surface area contributed by atoms with Gasteiger partial charge in [0.1, 0.15) is 5.75 Å². The van der Waals surface area contributed by atoms with Gasteiger partial charge in [0.05, 0.1) is 0 Å². The van der Waals surface area contributed by atoms with Crippen molar-refractivity contribution in [1.29, 1.82) is 0 Å². The third-order valence-corrected chi connectivity index (χ3v) is 3.57. The fraction of sp³-hybridized carbons (Fsp3) is 0.0526. The Kier molecular flexibility index (Phi) is 6.33. The van der Waals surface area contributed by atoms with E-state index in [4.69, 9.17) is 9.79 Å². The SMILES string of the molecule is Cc1ccc(OP(=O)(O)O)cc1.c1ccc(-c2ccccc2)cc1. The quantitative estimate of drug-likeness (QED) is 0.670. The van der Waals surface area contributed by atoms with Gasteiger partial charge >= 0.3 is 7.82 Å². The molecule has 0 radical (unpaired) electrons. The van der Waals surface area contributed by atoms with Crippen LogP contribution in [0.25, 0.3) is 11.1 Å². The van der Waals surface area contributed by atoms with Crippen molar-refractivity contribution >= 4 is 7.82 Å². The maximum Gasteiger partial charge on any atom is 0.524 e. The van der Waals surface area contributed by atoms with Crippen LogP contribution >= 0.6 is 7.82 Å². The molecule has 0 aromatic heterocycles. The first-order chi connectivity index (χ1) is 11.4. The molecule has 3 rings (SSSR count). The zero-order valence-electron chi connectivity index (χ0n) is 13.2. The molecule has 3 aromatic rings. The Bertz CT molecular complexity index is 743. The number of hydrogen-bond donors (Lipinski definition) is 2. The molecule has 3 aromatic carbocycles. The maximum absolute atomic E-state index is 10.4. The average molecular weight is 342 g/mol. The van der Waals surface area contributed by atoms with Gasteiger partial charge in [-0.15, -0.1) is 0 Å². The van der Waals surface area contributed by atoms with E-state index in [9.17, 15) is 4.57 Å². The average Bonchev–Trinajstić information content (AvgIpc) is 2.58. The minimum atomic E-state index is -4.40. The van der Waals surface area contributed by atoms with Crippen LogP contribution in [0.2, 0.25) is 0 Å². The molecule has 124 valence electrons. The van der Waals surface area contributed by atoms with Crippen molar-refractivity contribution in [2.24, 2.45) is 0 Å². The molecule has 0 saturated carbocycles. The Hall–Kier alpha value is -2.39. The van der Waals surface area contributed by atoms with Gasteiger partial charge in [-0.05, 0) is 30.2 Å². The zero-order valence-corrected chi connectivity index (χ0v) is 14.1. The van der Waals surface area contributed by atoms with E-state index in [0.717, 1.165) is 5.56 Å². The van der Waals surface area contributed by atoms with Crippen molar-refractivity contribution in [3.63, 3.8) is 0 Å². The van der Waals surface area contributed by atoms with E-state index in [0.29, 0.717) is 0 Å². The van der Waals surface area contributed by atoms with Crippen LogP contribution in [-0.2, 0) is 4.57 Å². The molecule has 0 atom stereocenters. The highest BCUT2D eigenvalue weighted by Crippen LogP contribution is 2.37. The molecule has 0 spiro atoms. The summed E-state index contributed by atoms with van der Waals surface area (Å²) < 4.78 is 14.7. The lowest BCUT2D eigenvalue weighted by molar-refractivity contribution is 0.283. The zero-order chi connectivity index (χ0) is 17.4. The van der Waals surface area contributed by atoms with Gasteiger partial charge in [0.2, 0.25) is 0 Å². The van der Waals surface area contributed by atoms with Gasteiger partial charge in [-0.3, -0.25) is 9.79 Å². The summed E-state index contributed by atoms with van der Waals surface area (Å²) in [7, 11) is -4.40. The number of phosphoric ester groups is 1. The molecular weight excluding hydrogens is 323 g/mol. The third kappa shape index (κ3) is 6.39. The minimum absolute atomic E-state index is 0.175. The number of benzene rings is 3. The van der Waals surface area contributed by atoms with Crippen molar-refractivity contribution < 1.29 is 18.9 Å². The summed E-state index contributed by atoms with van der Waals surface area (Å²) in [6, 6.07) is 27.2. The lowest BCUT2D eigenvalue weighted by Crippen LogP contribution is -1.89.